The number of nitrogens with zero attached hydrogens (tertiary/aromatic N) is 2. The first-order valence-corrected chi connectivity index (χ1v) is 6.37. The Balaban J connectivity index is 2.30. The number of carbonyl (C=O) groups excluding carboxylic acids is 1. The van der Waals surface area contributed by atoms with Gasteiger partial charge >= 0.3 is 0 Å². The van der Waals surface area contributed by atoms with E-state index >= 15 is 0 Å². The third-order valence-electron chi connectivity index (χ3n) is 2.82. The number of halogens is 3. The fourth-order valence-electron chi connectivity index (χ4n) is 1.76. The van der Waals surface area contributed by atoms with E-state index in [0.29, 0.717) is 0 Å². The molecule has 0 N–H and O–H groups in total. The number of hydrogen-bond donors (Lipinski definition) is 0. The number of hydrogen-bond acceptors (Lipinski definition) is 2. The molecule has 1 aromatic heterocycles. The molecule has 1 heterocycles. The van der Waals surface area contributed by atoms with Crippen LogP contribution in [0.15, 0.2) is 22.7 Å². The topological polar surface area (TPSA) is 34.9 Å². The van der Waals surface area contributed by atoms with Crippen LogP contribution in [0.3, 0.4) is 0 Å². The molecule has 19 heavy (non-hydrogen) atoms. The Morgan fingerprint density at radius 2 is 2.05 bits per heavy atom. The number of rotatable bonds is 3. The van der Waals surface area contributed by atoms with Crippen LogP contribution in [0.4, 0.5) is 8.78 Å². The van der Waals surface area contributed by atoms with E-state index in [1.807, 2.05) is 0 Å². The van der Waals surface area contributed by atoms with E-state index in [1.54, 1.807) is 13.8 Å². The summed E-state index contributed by atoms with van der Waals surface area (Å²) in [5, 5.41) is 4.16. The van der Waals surface area contributed by atoms with Gasteiger partial charge in [0.15, 0.2) is 5.78 Å². The molecule has 0 bridgehead atoms. The van der Waals surface area contributed by atoms with E-state index in [2.05, 4.69) is 21.0 Å². The number of ketones is 1. The Kier molecular flexibility index (Phi) is 3.80. The van der Waals surface area contributed by atoms with Gasteiger partial charge in [0, 0.05) is 0 Å². The molecule has 0 aliphatic heterocycles. The molecule has 100 valence electrons. The summed E-state index contributed by atoms with van der Waals surface area (Å²) < 4.78 is 28.8. The van der Waals surface area contributed by atoms with Crippen LogP contribution in [0.1, 0.15) is 21.7 Å². The molecule has 6 heteroatoms. The third kappa shape index (κ3) is 2.73. The standard InChI is InChI=1S/C13H11BrF2N2O/c1-7-13(14)8(2)18(17-7)6-12(19)10-5-9(15)3-4-11(10)16/h3-5H,6H2,1-2H3. The summed E-state index contributed by atoms with van der Waals surface area (Å²) in [5.74, 6) is -1.89. The van der Waals surface area contributed by atoms with Crippen molar-refractivity contribution in [3.63, 3.8) is 0 Å². The van der Waals surface area contributed by atoms with E-state index in [1.165, 1.54) is 4.68 Å². The van der Waals surface area contributed by atoms with Gasteiger partial charge in [0.05, 0.1) is 21.4 Å². The second kappa shape index (κ2) is 5.21. The molecule has 2 aromatic rings. The van der Waals surface area contributed by atoms with Gasteiger partial charge in [-0.15, -0.1) is 0 Å². The number of benzene rings is 1. The van der Waals surface area contributed by atoms with Gasteiger partial charge in [-0.25, -0.2) is 8.78 Å². The molecule has 3 nitrogen and oxygen atoms in total. The molecular formula is C13H11BrF2N2O. The molecule has 2 rings (SSSR count). The van der Waals surface area contributed by atoms with Gasteiger partial charge in [-0.1, -0.05) is 0 Å². The van der Waals surface area contributed by atoms with Gasteiger partial charge in [-0.3, -0.25) is 9.48 Å². The van der Waals surface area contributed by atoms with Crippen LogP contribution in [0.2, 0.25) is 0 Å². The van der Waals surface area contributed by atoms with Crippen LogP contribution in [-0.4, -0.2) is 15.6 Å². The Labute approximate surface area is 117 Å². The minimum absolute atomic E-state index is 0.126. The monoisotopic (exact) mass is 328 g/mol. The first kappa shape index (κ1) is 13.9. The van der Waals surface area contributed by atoms with Crippen molar-refractivity contribution in [2.75, 3.05) is 0 Å². The van der Waals surface area contributed by atoms with Crippen molar-refractivity contribution in [3.8, 4) is 0 Å². The van der Waals surface area contributed by atoms with Crippen molar-refractivity contribution in [2.24, 2.45) is 0 Å². The average Bonchev–Trinajstić information content (AvgIpc) is 2.60. The summed E-state index contributed by atoms with van der Waals surface area (Å²) in [7, 11) is 0. The zero-order valence-corrected chi connectivity index (χ0v) is 12.0. The van der Waals surface area contributed by atoms with Crippen molar-refractivity contribution in [3.05, 3.63) is 51.3 Å². The summed E-state index contributed by atoms with van der Waals surface area (Å²) in [6.07, 6.45) is 0. The van der Waals surface area contributed by atoms with Crippen LogP contribution >= 0.6 is 15.9 Å². The molecule has 0 radical (unpaired) electrons. The lowest BCUT2D eigenvalue weighted by Gasteiger charge is -2.05. The maximum Gasteiger partial charge on any atom is 0.187 e. The number of carbonyl (C=O) groups is 1. The molecule has 0 spiro atoms. The Bertz CT molecular complexity index is 652. The lowest BCUT2D eigenvalue weighted by atomic mass is 10.1. The Morgan fingerprint density at radius 3 is 2.63 bits per heavy atom. The predicted molar refractivity (Wildman–Crippen MR) is 70.1 cm³/mol. The predicted octanol–water partition coefficient (Wildman–Crippen LogP) is 3.42. The number of aromatic nitrogens is 2. The van der Waals surface area contributed by atoms with E-state index in [-0.39, 0.29) is 12.1 Å². The van der Waals surface area contributed by atoms with Gasteiger partial charge in [-0.05, 0) is 48.0 Å². The maximum absolute atomic E-state index is 13.5. The highest BCUT2D eigenvalue weighted by Crippen LogP contribution is 2.20. The van der Waals surface area contributed by atoms with Crippen LogP contribution in [0.5, 0.6) is 0 Å². The van der Waals surface area contributed by atoms with Crippen molar-refractivity contribution in [2.45, 2.75) is 20.4 Å². The van der Waals surface area contributed by atoms with Crippen molar-refractivity contribution >= 4 is 21.7 Å². The SMILES string of the molecule is Cc1nn(CC(=O)c2cc(F)ccc2F)c(C)c1Br. The number of Topliss-reactive ketones (excluding diaryl/α,β-unsaturated/α-hetero) is 1. The van der Waals surface area contributed by atoms with Gasteiger partial charge in [0.1, 0.15) is 18.2 Å². The van der Waals surface area contributed by atoms with Crippen LogP contribution in [0, 0.1) is 25.5 Å². The zero-order chi connectivity index (χ0) is 14.2. The quantitative estimate of drug-likeness (QED) is 0.809. The minimum atomic E-state index is -0.730. The summed E-state index contributed by atoms with van der Waals surface area (Å²) in [4.78, 5) is 12.0. The second-order valence-corrected chi connectivity index (χ2v) is 4.98. The van der Waals surface area contributed by atoms with Gasteiger partial charge in [0.25, 0.3) is 0 Å². The van der Waals surface area contributed by atoms with Gasteiger partial charge < -0.3 is 0 Å². The van der Waals surface area contributed by atoms with Crippen molar-refractivity contribution in [1.29, 1.82) is 0 Å². The van der Waals surface area contributed by atoms with Crippen molar-refractivity contribution in [1.82, 2.24) is 9.78 Å². The first-order valence-electron chi connectivity index (χ1n) is 5.58. The molecular weight excluding hydrogens is 318 g/mol. The molecule has 0 saturated heterocycles. The smallest absolute Gasteiger partial charge is 0.187 e. The average molecular weight is 329 g/mol. The Morgan fingerprint density at radius 1 is 1.37 bits per heavy atom. The van der Waals surface area contributed by atoms with E-state index in [9.17, 15) is 13.6 Å². The van der Waals surface area contributed by atoms with Crippen LogP contribution in [-0.2, 0) is 6.54 Å². The minimum Gasteiger partial charge on any atom is -0.292 e. The molecule has 0 saturated carbocycles. The van der Waals surface area contributed by atoms with E-state index in [4.69, 9.17) is 0 Å². The molecule has 0 atom stereocenters. The lowest BCUT2D eigenvalue weighted by Crippen LogP contribution is -2.14. The van der Waals surface area contributed by atoms with Crippen molar-refractivity contribution < 1.29 is 13.6 Å². The highest BCUT2D eigenvalue weighted by Gasteiger charge is 2.16. The normalized spacial score (nSPS) is 10.8. The molecule has 0 amide bonds. The molecule has 0 aliphatic rings. The van der Waals surface area contributed by atoms with E-state index in [0.717, 1.165) is 34.1 Å². The maximum atomic E-state index is 13.5. The highest BCUT2D eigenvalue weighted by atomic mass is 79.9. The lowest BCUT2D eigenvalue weighted by molar-refractivity contribution is 0.0962. The van der Waals surface area contributed by atoms with E-state index < -0.39 is 17.4 Å². The Hall–Kier alpha value is -1.56. The second-order valence-electron chi connectivity index (χ2n) is 4.19. The molecule has 1 aromatic carbocycles. The van der Waals surface area contributed by atoms with Gasteiger partial charge in [-0.2, -0.15) is 5.10 Å². The molecule has 0 aliphatic carbocycles. The third-order valence-corrected chi connectivity index (χ3v) is 3.96. The summed E-state index contributed by atoms with van der Waals surface area (Å²) in [6.45, 7) is 3.46. The van der Waals surface area contributed by atoms with Gasteiger partial charge in [0.2, 0.25) is 0 Å². The number of aryl methyl sites for hydroxylation is 1. The molecule has 0 unspecified atom stereocenters. The fraction of sp³-hybridized carbons (Fsp3) is 0.231. The summed E-state index contributed by atoms with van der Waals surface area (Å²) in [5.41, 5.74) is 1.25. The first-order chi connectivity index (χ1) is 8.90. The highest BCUT2D eigenvalue weighted by molar-refractivity contribution is 9.10. The van der Waals surface area contributed by atoms with Crippen LogP contribution in [0.25, 0.3) is 0 Å². The summed E-state index contributed by atoms with van der Waals surface area (Å²) in [6, 6.07) is 2.82. The largest absolute Gasteiger partial charge is 0.292 e. The van der Waals surface area contributed by atoms with Crippen LogP contribution < -0.4 is 0 Å². The fourth-order valence-corrected chi connectivity index (χ4v) is 2.05. The summed E-state index contributed by atoms with van der Waals surface area (Å²) >= 11 is 3.34. The molecule has 0 fully saturated rings. The zero-order valence-electron chi connectivity index (χ0n) is 10.4.